The summed E-state index contributed by atoms with van der Waals surface area (Å²) in [6.07, 6.45) is 8.03. The summed E-state index contributed by atoms with van der Waals surface area (Å²) in [4.78, 5) is 25.1. The Labute approximate surface area is 125 Å². The zero-order chi connectivity index (χ0) is 14.5. The average Bonchev–Trinajstić information content (AvgIpc) is 3.08. The van der Waals surface area contributed by atoms with Crippen molar-refractivity contribution in [2.45, 2.75) is 6.54 Å². The molecule has 0 radical (unpaired) electrons. The standard InChI is InChI=1S/C15H12N4OS/c20-15(13-10-16-3-4-18-13)19-8-11-6-12(9-17-7-11)14-2-1-5-21-14/h1-7,9-10H,8H2,(H,19,20). The minimum atomic E-state index is -0.246. The van der Waals surface area contributed by atoms with E-state index in [2.05, 4.69) is 20.3 Å². The molecule has 104 valence electrons. The van der Waals surface area contributed by atoms with Gasteiger partial charge in [0.05, 0.1) is 6.20 Å². The van der Waals surface area contributed by atoms with Crippen LogP contribution in [0.3, 0.4) is 0 Å². The van der Waals surface area contributed by atoms with Crippen molar-refractivity contribution >= 4 is 17.2 Å². The largest absolute Gasteiger partial charge is 0.347 e. The lowest BCUT2D eigenvalue weighted by molar-refractivity contribution is 0.0945. The van der Waals surface area contributed by atoms with Gasteiger partial charge in [0.1, 0.15) is 5.69 Å². The van der Waals surface area contributed by atoms with E-state index in [0.717, 1.165) is 16.0 Å². The van der Waals surface area contributed by atoms with E-state index in [1.165, 1.54) is 18.6 Å². The number of pyridine rings is 1. The van der Waals surface area contributed by atoms with E-state index < -0.39 is 0 Å². The molecule has 0 atom stereocenters. The summed E-state index contributed by atoms with van der Waals surface area (Å²) < 4.78 is 0. The van der Waals surface area contributed by atoms with Crippen molar-refractivity contribution in [3.05, 3.63) is 65.8 Å². The molecule has 0 aliphatic heterocycles. The molecule has 1 amide bonds. The summed E-state index contributed by atoms with van der Waals surface area (Å²) >= 11 is 1.66. The van der Waals surface area contributed by atoms with Gasteiger partial charge in [-0.05, 0) is 23.1 Å². The molecule has 3 aromatic rings. The number of rotatable bonds is 4. The Morgan fingerprint density at radius 2 is 2.14 bits per heavy atom. The Kier molecular flexibility index (Phi) is 3.97. The normalized spacial score (nSPS) is 10.3. The van der Waals surface area contributed by atoms with Crippen LogP contribution in [-0.4, -0.2) is 20.9 Å². The second kappa shape index (κ2) is 6.23. The molecule has 6 heteroatoms. The molecule has 0 fully saturated rings. The van der Waals surface area contributed by atoms with Gasteiger partial charge < -0.3 is 5.32 Å². The second-order valence-corrected chi connectivity index (χ2v) is 5.28. The zero-order valence-corrected chi connectivity index (χ0v) is 11.9. The van der Waals surface area contributed by atoms with Crippen molar-refractivity contribution in [1.82, 2.24) is 20.3 Å². The molecule has 0 aromatic carbocycles. The fourth-order valence-electron chi connectivity index (χ4n) is 1.85. The fourth-order valence-corrected chi connectivity index (χ4v) is 2.56. The van der Waals surface area contributed by atoms with Crippen LogP contribution in [0.25, 0.3) is 10.4 Å². The highest BCUT2D eigenvalue weighted by Crippen LogP contribution is 2.24. The minimum absolute atomic E-state index is 0.246. The molecule has 3 aromatic heterocycles. The molecule has 21 heavy (non-hydrogen) atoms. The second-order valence-electron chi connectivity index (χ2n) is 4.33. The topological polar surface area (TPSA) is 67.8 Å². The minimum Gasteiger partial charge on any atom is -0.347 e. The molecule has 0 unspecified atom stereocenters. The lowest BCUT2D eigenvalue weighted by Crippen LogP contribution is -2.23. The number of carbonyl (C=O) groups is 1. The molecular formula is C15H12N4OS. The Morgan fingerprint density at radius 1 is 1.19 bits per heavy atom. The van der Waals surface area contributed by atoms with Crippen molar-refractivity contribution in [2.24, 2.45) is 0 Å². The van der Waals surface area contributed by atoms with Gasteiger partial charge >= 0.3 is 0 Å². The first-order valence-electron chi connectivity index (χ1n) is 6.35. The van der Waals surface area contributed by atoms with Crippen LogP contribution in [-0.2, 0) is 6.54 Å². The molecule has 3 rings (SSSR count). The number of nitrogens with zero attached hydrogens (tertiary/aromatic N) is 3. The number of hydrogen-bond acceptors (Lipinski definition) is 5. The Bertz CT molecular complexity index is 728. The third-order valence-corrected chi connectivity index (χ3v) is 3.77. The summed E-state index contributed by atoms with van der Waals surface area (Å²) in [5.74, 6) is -0.246. The maximum Gasteiger partial charge on any atom is 0.271 e. The van der Waals surface area contributed by atoms with Crippen molar-refractivity contribution in [1.29, 1.82) is 0 Å². The van der Waals surface area contributed by atoms with E-state index in [1.54, 1.807) is 17.5 Å². The number of thiophene rings is 1. The van der Waals surface area contributed by atoms with E-state index in [4.69, 9.17) is 0 Å². The maximum absolute atomic E-state index is 11.9. The van der Waals surface area contributed by atoms with Crippen LogP contribution >= 0.6 is 11.3 Å². The first-order valence-corrected chi connectivity index (χ1v) is 7.23. The summed E-state index contributed by atoms with van der Waals surface area (Å²) in [7, 11) is 0. The molecular weight excluding hydrogens is 284 g/mol. The SMILES string of the molecule is O=C(NCc1cncc(-c2cccs2)c1)c1cnccn1. The van der Waals surface area contributed by atoms with Gasteiger partial charge in [-0.1, -0.05) is 6.07 Å². The summed E-state index contributed by atoms with van der Waals surface area (Å²) in [5, 5.41) is 4.84. The van der Waals surface area contributed by atoms with Gasteiger partial charge in [-0.25, -0.2) is 4.98 Å². The van der Waals surface area contributed by atoms with Gasteiger partial charge in [0.25, 0.3) is 5.91 Å². The number of hydrogen-bond donors (Lipinski definition) is 1. The number of nitrogens with one attached hydrogen (secondary N) is 1. The summed E-state index contributed by atoms with van der Waals surface area (Å²) in [5.41, 5.74) is 2.30. The van der Waals surface area contributed by atoms with Gasteiger partial charge in [0.15, 0.2) is 0 Å². The quantitative estimate of drug-likeness (QED) is 0.803. The van der Waals surface area contributed by atoms with E-state index in [1.807, 2.05) is 29.8 Å². The van der Waals surface area contributed by atoms with E-state index in [0.29, 0.717) is 12.2 Å². The van der Waals surface area contributed by atoms with Gasteiger partial charge in [0, 0.05) is 41.8 Å². The molecule has 5 nitrogen and oxygen atoms in total. The average molecular weight is 296 g/mol. The highest BCUT2D eigenvalue weighted by atomic mass is 32.1. The fraction of sp³-hybridized carbons (Fsp3) is 0.0667. The first-order chi connectivity index (χ1) is 10.3. The van der Waals surface area contributed by atoms with E-state index in [9.17, 15) is 4.79 Å². The summed E-state index contributed by atoms with van der Waals surface area (Å²) in [6.45, 7) is 0.404. The Morgan fingerprint density at radius 3 is 2.90 bits per heavy atom. The Hall–Kier alpha value is -2.60. The highest BCUT2D eigenvalue weighted by Gasteiger charge is 2.07. The molecule has 3 heterocycles. The van der Waals surface area contributed by atoms with Crippen LogP contribution in [0.5, 0.6) is 0 Å². The molecule has 1 N–H and O–H groups in total. The van der Waals surface area contributed by atoms with Crippen LogP contribution in [0.2, 0.25) is 0 Å². The van der Waals surface area contributed by atoms with Crippen LogP contribution in [0, 0.1) is 0 Å². The third kappa shape index (κ3) is 3.29. The predicted octanol–water partition coefficient (Wildman–Crippen LogP) is 2.53. The number of aromatic nitrogens is 3. The molecule has 0 bridgehead atoms. The van der Waals surface area contributed by atoms with Crippen LogP contribution in [0.1, 0.15) is 16.1 Å². The first kappa shape index (κ1) is 13.4. The smallest absolute Gasteiger partial charge is 0.271 e. The lowest BCUT2D eigenvalue weighted by atomic mass is 10.2. The third-order valence-electron chi connectivity index (χ3n) is 2.85. The highest BCUT2D eigenvalue weighted by molar-refractivity contribution is 7.13. The zero-order valence-electron chi connectivity index (χ0n) is 11.1. The van der Waals surface area contributed by atoms with E-state index >= 15 is 0 Å². The maximum atomic E-state index is 11.9. The predicted molar refractivity (Wildman–Crippen MR) is 80.8 cm³/mol. The van der Waals surface area contributed by atoms with Crippen LogP contribution < -0.4 is 5.32 Å². The summed E-state index contributed by atoms with van der Waals surface area (Å²) in [6, 6.07) is 6.07. The van der Waals surface area contributed by atoms with Gasteiger partial charge in [-0.2, -0.15) is 0 Å². The van der Waals surface area contributed by atoms with Crippen molar-refractivity contribution in [3.63, 3.8) is 0 Å². The lowest BCUT2D eigenvalue weighted by Gasteiger charge is -2.05. The molecule has 0 saturated carbocycles. The number of amides is 1. The Balaban J connectivity index is 1.69. The van der Waals surface area contributed by atoms with Gasteiger partial charge in [-0.15, -0.1) is 11.3 Å². The monoisotopic (exact) mass is 296 g/mol. The van der Waals surface area contributed by atoms with Crippen molar-refractivity contribution < 1.29 is 4.79 Å². The van der Waals surface area contributed by atoms with Gasteiger partial charge in [0.2, 0.25) is 0 Å². The van der Waals surface area contributed by atoms with Crippen molar-refractivity contribution in [3.8, 4) is 10.4 Å². The molecule has 0 saturated heterocycles. The molecule has 0 aliphatic rings. The van der Waals surface area contributed by atoms with Gasteiger partial charge in [-0.3, -0.25) is 14.8 Å². The van der Waals surface area contributed by atoms with Crippen molar-refractivity contribution in [2.75, 3.05) is 0 Å². The van der Waals surface area contributed by atoms with E-state index in [-0.39, 0.29) is 5.91 Å². The number of carbonyl (C=O) groups excluding carboxylic acids is 1. The molecule has 0 aliphatic carbocycles. The molecule has 0 spiro atoms. The van der Waals surface area contributed by atoms with Crippen LogP contribution in [0.4, 0.5) is 0 Å². The van der Waals surface area contributed by atoms with Crippen LogP contribution in [0.15, 0.2) is 54.6 Å².